The molecule has 1 aliphatic heterocycles. The van der Waals surface area contributed by atoms with Gasteiger partial charge < -0.3 is 14.4 Å². The summed E-state index contributed by atoms with van der Waals surface area (Å²) in [7, 11) is 0. The number of nitrogens with zero attached hydrogens (tertiary/aromatic N) is 3. The maximum absolute atomic E-state index is 5.61. The second kappa shape index (κ2) is 6.89. The highest BCUT2D eigenvalue weighted by Crippen LogP contribution is 2.19. The van der Waals surface area contributed by atoms with E-state index in [-0.39, 0.29) is 6.10 Å². The minimum absolute atomic E-state index is 0.216. The number of hydrogen-bond donors (Lipinski definition) is 0. The molecule has 0 aromatic carbocycles. The van der Waals surface area contributed by atoms with E-state index >= 15 is 0 Å². The van der Waals surface area contributed by atoms with Crippen LogP contribution in [0.3, 0.4) is 0 Å². The zero-order chi connectivity index (χ0) is 12.8. The number of ether oxygens (including phenoxy) is 2. The van der Waals surface area contributed by atoms with Crippen molar-refractivity contribution >= 4 is 21.7 Å². The third-order valence-electron chi connectivity index (χ3n) is 2.72. The van der Waals surface area contributed by atoms with E-state index in [9.17, 15) is 0 Å². The van der Waals surface area contributed by atoms with Crippen molar-refractivity contribution in [3.8, 4) is 5.88 Å². The average molecular weight is 316 g/mol. The van der Waals surface area contributed by atoms with E-state index in [0.29, 0.717) is 12.5 Å². The normalized spacial score (nSPS) is 19.9. The van der Waals surface area contributed by atoms with Gasteiger partial charge >= 0.3 is 0 Å². The first-order valence-corrected chi connectivity index (χ1v) is 7.33. The summed E-state index contributed by atoms with van der Waals surface area (Å²) in [6, 6.07) is 1.90. The molecule has 2 rings (SSSR count). The number of halogens is 1. The lowest BCUT2D eigenvalue weighted by molar-refractivity contribution is 0.0567. The van der Waals surface area contributed by atoms with E-state index in [1.807, 2.05) is 6.07 Å². The number of alkyl halides is 1. The second-order valence-electron chi connectivity index (χ2n) is 4.16. The van der Waals surface area contributed by atoms with Gasteiger partial charge in [0.25, 0.3) is 0 Å². The molecule has 1 atom stereocenters. The van der Waals surface area contributed by atoms with Gasteiger partial charge in [0, 0.05) is 24.5 Å². The summed E-state index contributed by atoms with van der Waals surface area (Å²) in [6.45, 7) is 5.18. The third kappa shape index (κ3) is 3.55. The lowest BCUT2D eigenvalue weighted by Gasteiger charge is -2.32. The van der Waals surface area contributed by atoms with Gasteiger partial charge in [-0.15, -0.1) is 0 Å². The summed E-state index contributed by atoms with van der Waals surface area (Å²) in [5.41, 5.74) is 0. The number of anilines is 1. The molecular weight excluding hydrogens is 298 g/mol. The fourth-order valence-electron chi connectivity index (χ4n) is 1.81. The van der Waals surface area contributed by atoms with Gasteiger partial charge in [-0.2, -0.15) is 0 Å². The fourth-order valence-corrected chi connectivity index (χ4v) is 2.20. The van der Waals surface area contributed by atoms with Crippen molar-refractivity contribution in [3.05, 3.63) is 12.4 Å². The molecule has 0 aliphatic carbocycles. The van der Waals surface area contributed by atoms with E-state index in [1.165, 1.54) is 0 Å². The standard InChI is InChI=1S/C12H18BrN3O2/c1-2-4-18-12-6-11(14-9-15-12)16-3-5-17-10(7-13)8-16/h6,9-10H,2-5,7-8H2,1H3. The minimum Gasteiger partial charge on any atom is -0.478 e. The van der Waals surface area contributed by atoms with E-state index in [4.69, 9.17) is 9.47 Å². The molecule has 100 valence electrons. The zero-order valence-corrected chi connectivity index (χ0v) is 12.1. The molecule has 1 aromatic rings. The molecule has 0 N–H and O–H groups in total. The molecule has 1 saturated heterocycles. The SMILES string of the molecule is CCCOc1cc(N2CCOC(CBr)C2)ncn1. The number of hydrogen-bond acceptors (Lipinski definition) is 5. The molecule has 18 heavy (non-hydrogen) atoms. The summed E-state index contributed by atoms with van der Waals surface area (Å²) < 4.78 is 11.1. The Bertz CT molecular complexity index is 378. The first-order valence-electron chi connectivity index (χ1n) is 6.21. The van der Waals surface area contributed by atoms with Crippen LogP contribution in [0.4, 0.5) is 5.82 Å². The van der Waals surface area contributed by atoms with Crippen molar-refractivity contribution in [1.29, 1.82) is 0 Å². The highest BCUT2D eigenvalue weighted by molar-refractivity contribution is 9.09. The molecule has 5 nitrogen and oxygen atoms in total. The lowest BCUT2D eigenvalue weighted by Crippen LogP contribution is -2.43. The Balaban J connectivity index is 2.02. The van der Waals surface area contributed by atoms with Gasteiger partial charge in [0.05, 0.1) is 19.3 Å². The number of rotatable bonds is 5. The Hall–Kier alpha value is -0.880. The predicted molar refractivity (Wildman–Crippen MR) is 73.6 cm³/mol. The molecule has 1 unspecified atom stereocenters. The van der Waals surface area contributed by atoms with Crippen LogP contribution < -0.4 is 9.64 Å². The molecule has 0 saturated carbocycles. The van der Waals surface area contributed by atoms with Crippen LogP contribution in [0.5, 0.6) is 5.88 Å². The van der Waals surface area contributed by atoms with E-state index < -0.39 is 0 Å². The van der Waals surface area contributed by atoms with Crippen LogP contribution in [0.25, 0.3) is 0 Å². The second-order valence-corrected chi connectivity index (χ2v) is 4.80. The van der Waals surface area contributed by atoms with Crippen molar-refractivity contribution in [2.75, 3.05) is 36.5 Å². The van der Waals surface area contributed by atoms with Crippen LogP contribution in [-0.4, -0.2) is 47.7 Å². The van der Waals surface area contributed by atoms with Crippen LogP contribution in [-0.2, 0) is 4.74 Å². The molecule has 1 aliphatic rings. The van der Waals surface area contributed by atoms with E-state index in [1.54, 1.807) is 6.33 Å². The summed E-state index contributed by atoms with van der Waals surface area (Å²) >= 11 is 3.45. The number of aromatic nitrogens is 2. The first kappa shape index (κ1) is 13.5. The molecule has 0 radical (unpaired) electrons. The van der Waals surface area contributed by atoms with Crippen LogP contribution in [0.15, 0.2) is 12.4 Å². The van der Waals surface area contributed by atoms with Crippen molar-refractivity contribution in [1.82, 2.24) is 9.97 Å². The van der Waals surface area contributed by atoms with Gasteiger partial charge in [-0.25, -0.2) is 9.97 Å². The molecule has 2 heterocycles. The summed E-state index contributed by atoms with van der Waals surface area (Å²) in [5.74, 6) is 1.55. The van der Waals surface area contributed by atoms with Crippen molar-refractivity contribution < 1.29 is 9.47 Å². The maximum atomic E-state index is 5.61. The Morgan fingerprint density at radius 2 is 2.44 bits per heavy atom. The molecule has 0 spiro atoms. The van der Waals surface area contributed by atoms with Gasteiger partial charge in [0.15, 0.2) is 0 Å². The molecule has 1 fully saturated rings. The number of morpholine rings is 1. The van der Waals surface area contributed by atoms with Crippen molar-refractivity contribution in [3.63, 3.8) is 0 Å². The quantitative estimate of drug-likeness (QED) is 0.776. The Morgan fingerprint density at radius 1 is 1.56 bits per heavy atom. The van der Waals surface area contributed by atoms with Crippen molar-refractivity contribution in [2.24, 2.45) is 0 Å². The smallest absolute Gasteiger partial charge is 0.218 e. The maximum Gasteiger partial charge on any atom is 0.218 e. The molecule has 6 heteroatoms. The van der Waals surface area contributed by atoms with E-state index in [2.05, 4.69) is 37.7 Å². The Morgan fingerprint density at radius 3 is 3.22 bits per heavy atom. The average Bonchev–Trinajstić information content (AvgIpc) is 2.45. The van der Waals surface area contributed by atoms with Crippen LogP contribution in [0, 0.1) is 0 Å². The fraction of sp³-hybridized carbons (Fsp3) is 0.667. The predicted octanol–water partition coefficient (Wildman–Crippen LogP) is 1.87. The highest BCUT2D eigenvalue weighted by Gasteiger charge is 2.20. The molecule has 0 amide bonds. The highest BCUT2D eigenvalue weighted by atomic mass is 79.9. The topological polar surface area (TPSA) is 47.5 Å². The molecule has 0 bridgehead atoms. The van der Waals surface area contributed by atoms with Crippen LogP contribution in [0.2, 0.25) is 0 Å². The van der Waals surface area contributed by atoms with Gasteiger partial charge in [0.1, 0.15) is 12.1 Å². The van der Waals surface area contributed by atoms with Crippen LogP contribution in [0.1, 0.15) is 13.3 Å². The Labute approximate surface area is 116 Å². The summed E-state index contributed by atoms with van der Waals surface area (Å²) in [5, 5.41) is 0.841. The lowest BCUT2D eigenvalue weighted by atomic mass is 10.3. The zero-order valence-electron chi connectivity index (χ0n) is 10.5. The summed E-state index contributed by atoms with van der Waals surface area (Å²) in [4.78, 5) is 10.6. The Kier molecular flexibility index (Phi) is 5.19. The van der Waals surface area contributed by atoms with Gasteiger partial charge in [-0.05, 0) is 6.42 Å². The van der Waals surface area contributed by atoms with E-state index in [0.717, 1.165) is 37.3 Å². The molecule has 1 aromatic heterocycles. The van der Waals surface area contributed by atoms with Gasteiger partial charge in [-0.1, -0.05) is 22.9 Å². The van der Waals surface area contributed by atoms with Crippen molar-refractivity contribution in [2.45, 2.75) is 19.4 Å². The minimum atomic E-state index is 0.216. The van der Waals surface area contributed by atoms with Gasteiger partial charge in [-0.3, -0.25) is 0 Å². The summed E-state index contributed by atoms with van der Waals surface area (Å²) in [6.07, 6.45) is 2.75. The molecular formula is C12H18BrN3O2. The monoisotopic (exact) mass is 315 g/mol. The largest absolute Gasteiger partial charge is 0.478 e. The van der Waals surface area contributed by atoms with Gasteiger partial charge in [0.2, 0.25) is 5.88 Å². The van der Waals surface area contributed by atoms with Crippen LogP contribution >= 0.6 is 15.9 Å². The third-order valence-corrected chi connectivity index (χ3v) is 3.44. The first-order chi connectivity index (χ1) is 8.83.